The van der Waals surface area contributed by atoms with Crippen molar-refractivity contribution < 1.29 is 19.1 Å². The van der Waals surface area contributed by atoms with E-state index >= 15 is 0 Å². The Hall–Kier alpha value is -2.86. The Morgan fingerprint density at radius 1 is 1.08 bits per heavy atom. The minimum absolute atomic E-state index is 0.228. The van der Waals surface area contributed by atoms with Crippen molar-refractivity contribution >= 4 is 29.4 Å². The lowest BCUT2D eigenvalue weighted by Crippen LogP contribution is -2.47. The van der Waals surface area contributed by atoms with Gasteiger partial charge < -0.3 is 15.4 Å². The van der Waals surface area contributed by atoms with Crippen LogP contribution in [0.25, 0.3) is 0 Å². The predicted molar refractivity (Wildman–Crippen MR) is 97.9 cm³/mol. The molecule has 26 heavy (non-hydrogen) atoms. The van der Waals surface area contributed by atoms with Gasteiger partial charge in [-0.25, -0.2) is 4.79 Å². The van der Waals surface area contributed by atoms with Crippen LogP contribution in [0.3, 0.4) is 0 Å². The van der Waals surface area contributed by atoms with E-state index in [-0.39, 0.29) is 18.9 Å². The molecule has 0 aliphatic rings. The first-order valence-corrected chi connectivity index (χ1v) is 8.32. The molecule has 0 aliphatic heterocycles. The highest BCUT2D eigenvalue weighted by Crippen LogP contribution is 2.12. The zero-order chi connectivity index (χ0) is 18.9. The lowest BCUT2D eigenvalue weighted by molar-refractivity contribution is -0.144. The van der Waals surface area contributed by atoms with Crippen LogP contribution in [0.15, 0.2) is 54.6 Å². The van der Waals surface area contributed by atoms with Crippen molar-refractivity contribution in [3.63, 3.8) is 0 Å². The number of esters is 1. The zero-order valence-electron chi connectivity index (χ0n) is 14.2. The smallest absolute Gasteiger partial charge is 0.328 e. The number of halogens is 1. The van der Waals surface area contributed by atoms with E-state index in [9.17, 15) is 14.4 Å². The molecule has 0 heterocycles. The minimum Gasteiger partial charge on any atom is -0.467 e. The van der Waals surface area contributed by atoms with Crippen LogP contribution in [-0.4, -0.2) is 37.5 Å². The largest absolute Gasteiger partial charge is 0.467 e. The molecule has 0 radical (unpaired) electrons. The van der Waals surface area contributed by atoms with Crippen LogP contribution in [0.1, 0.15) is 15.9 Å². The molecule has 0 bridgehead atoms. The van der Waals surface area contributed by atoms with Crippen LogP contribution in [-0.2, 0) is 20.7 Å². The van der Waals surface area contributed by atoms with Gasteiger partial charge in [0.1, 0.15) is 6.04 Å². The van der Waals surface area contributed by atoms with Crippen molar-refractivity contribution in [3.05, 3.63) is 70.7 Å². The van der Waals surface area contributed by atoms with Gasteiger partial charge in [0, 0.05) is 17.0 Å². The summed E-state index contributed by atoms with van der Waals surface area (Å²) < 4.78 is 4.74. The van der Waals surface area contributed by atoms with Gasteiger partial charge in [0.2, 0.25) is 5.91 Å². The molecule has 2 aromatic rings. The fourth-order valence-electron chi connectivity index (χ4n) is 2.33. The minimum atomic E-state index is -0.875. The average Bonchev–Trinajstić information content (AvgIpc) is 2.65. The van der Waals surface area contributed by atoms with Gasteiger partial charge in [-0.3, -0.25) is 9.59 Å². The molecule has 0 saturated heterocycles. The number of nitrogens with one attached hydrogen (secondary N) is 2. The van der Waals surface area contributed by atoms with Crippen molar-refractivity contribution in [1.82, 2.24) is 10.6 Å². The maximum atomic E-state index is 12.1. The molecule has 6 nitrogen and oxygen atoms in total. The highest BCUT2D eigenvalue weighted by atomic mass is 35.5. The third kappa shape index (κ3) is 5.89. The highest BCUT2D eigenvalue weighted by molar-refractivity contribution is 6.30. The van der Waals surface area contributed by atoms with E-state index in [1.807, 2.05) is 0 Å². The second-order valence-electron chi connectivity index (χ2n) is 5.53. The molecule has 0 aromatic heterocycles. The van der Waals surface area contributed by atoms with Gasteiger partial charge in [-0.15, -0.1) is 0 Å². The quantitative estimate of drug-likeness (QED) is 0.726. The molecule has 0 aliphatic carbocycles. The van der Waals surface area contributed by atoms with E-state index in [1.54, 1.807) is 54.6 Å². The summed E-state index contributed by atoms with van der Waals surface area (Å²) in [7, 11) is 1.25. The molecule has 0 unspecified atom stereocenters. The third-order valence-electron chi connectivity index (χ3n) is 3.60. The number of carbonyl (C=O) groups is 3. The summed E-state index contributed by atoms with van der Waals surface area (Å²) in [5.41, 5.74) is 1.23. The number of hydrogen-bond donors (Lipinski definition) is 2. The van der Waals surface area contributed by atoms with Crippen molar-refractivity contribution in [2.24, 2.45) is 0 Å². The Kier molecular flexibility index (Phi) is 7.17. The highest BCUT2D eigenvalue weighted by Gasteiger charge is 2.22. The number of hydrogen-bond acceptors (Lipinski definition) is 4. The van der Waals surface area contributed by atoms with Crippen LogP contribution in [0, 0.1) is 0 Å². The van der Waals surface area contributed by atoms with Gasteiger partial charge in [-0.1, -0.05) is 41.9 Å². The molecule has 0 saturated carbocycles. The number of methoxy groups -OCH3 is 1. The molecule has 2 rings (SSSR count). The number of benzene rings is 2. The summed E-state index contributed by atoms with van der Waals surface area (Å²) in [6, 6.07) is 14.6. The summed E-state index contributed by atoms with van der Waals surface area (Å²) in [6.07, 6.45) is 0.228. The van der Waals surface area contributed by atoms with E-state index in [4.69, 9.17) is 16.3 Å². The molecular formula is C19H19ClN2O4. The number of ether oxygens (including phenoxy) is 1. The Morgan fingerprint density at radius 3 is 2.46 bits per heavy atom. The number of amides is 2. The first kappa shape index (κ1) is 19.5. The molecule has 136 valence electrons. The Bertz CT molecular complexity index is 780. The van der Waals surface area contributed by atoms with E-state index < -0.39 is 17.9 Å². The van der Waals surface area contributed by atoms with Gasteiger partial charge in [-0.2, -0.15) is 0 Å². The second-order valence-corrected chi connectivity index (χ2v) is 5.96. The maximum absolute atomic E-state index is 12.1. The molecule has 7 heteroatoms. The van der Waals surface area contributed by atoms with Gasteiger partial charge in [0.05, 0.1) is 13.7 Å². The van der Waals surface area contributed by atoms with E-state index in [1.165, 1.54) is 7.11 Å². The monoisotopic (exact) mass is 374 g/mol. The molecular weight excluding hydrogens is 356 g/mol. The second kappa shape index (κ2) is 9.58. The van der Waals surface area contributed by atoms with Crippen LogP contribution in [0.4, 0.5) is 0 Å². The molecule has 0 spiro atoms. The third-order valence-corrected chi connectivity index (χ3v) is 3.83. The topological polar surface area (TPSA) is 84.5 Å². The summed E-state index contributed by atoms with van der Waals surface area (Å²) in [4.78, 5) is 36.0. The summed E-state index contributed by atoms with van der Waals surface area (Å²) in [6.45, 7) is -0.253. The Morgan fingerprint density at radius 2 is 1.81 bits per heavy atom. The molecule has 0 fully saturated rings. The van der Waals surface area contributed by atoms with E-state index in [2.05, 4.69) is 10.6 Å². The molecule has 2 amide bonds. The zero-order valence-corrected chi connectivity index (χ0v) is 15.0. The lowest BCUT2D eigenvalue weighted by Gasteiger charge is -2.17. The Labute approximate surface area is 156 Å². The lowest BCUT2D eigenvalue weighted by atomic mass is 10.1. The average molecular weight is 375 g/mol. The summed E-state index contributed by atoms with van der Waals surface area (Å²) in [5.74, 6) is -1.44. The summed E-state index contributed by atoms with van der Waals surface area (Å²) in [5, 5.41) is 5.62. The standard InChI is InChI=1S/C19H19ClN2O4/c1-26-19(25)16(11-13-6-5-9-15(20)10-13)22-17(23)12-21-18(24)14-7-3-2-4-8-14/h2-10,16H,11-12H2,1H3,(H,21,24)(H,22,23)/t16-/m1/s1. The van der Waals surface area contributed by atoms with Gasteiger partial charge in [0.25, 0.3) is 5.91 Å². The van der Waals surface area contributed by atoms with Crippen LogP contribution < -0.4 is 10.6 Å². The SMILES string of the molecule is COC(=O)[C@@H](Cc1cccc(Cl)c1)NC(=O)CNC(=O)c1ccccc1. The molecule has 1 atom stereocenters. The summed E-state index contributed by atoms with van der Waals surface area (Å²) >= 11 is 5.94. The van der Waals surface area contributed by atoms with E-state index in [0.717, 1.165) is 5.56 Å². The molecule has 2 aromatic carbocycles. The number of carbonyl (C=O) groups excluding carboxylic acids is 3. The van der Waals surface area contributed by atoms with E-state index in [0.29, 0.717) is 10.6 Å². The van der Waals surface area contributed by atoms with Crippen LogP contribution in [0.5, 0.6) is 0 Å². The predicted octanol–water partition coefficient (Wildman–Crippen LogP) is 1.97. The normalized spacial score (nSPS) is 11.3. The maximum Gasteiger partial charge on any atom is 0.328 e. The van der Waals surface area contributed by atoms with Crippen LogP contribution >= 0.6 is 11.6 Å². The molecule has 2 N–H and O–H groups in total. The fourth-order valence-corrected chi connectivity index (χ4v) is 2.55. The van der Waals surface area contributed by atoms with Crippen molar-refractivity contribution in [1.29, 1.82) is 0 Å². The van der Waals surface area contributed by atoms with Gasteiger partial charge in [-0.05, 0) is 29.8 Å². The van der Waals surface area contributed by atoms with Gasteiger partial charge >= 0.3 is 5.97 Å². The number of rotatable bonds is 7. The van der Waals surface area contributed by atoms with Crippen molar-refractivity contribution in [3.8, 4) is 0 Å². The first-order valence-electron chi connectivity index (χ1n) is 7.94. The first-order chi connectivity index (χ1) is 12.5. The Balaban J connectivity index is 1.93. The van der Waals surface area contributed by atoms with Crippen molar-refractivity contribution in [2.75, 3.05) is 13.7 Å². The van der Waals surface area contributed by atoms with Crippen molar-refractivity contribution in [2.45, 2.75) is 12.5 Å². The fraction of sp³-hybridized carbons (Fsp3) is 0.211. The van der Waals surface area contributed by atoms with Gasteiger partial charge in [0.15, 0.2) is 0 Å². The van der Waals surface area contributed by atoms with Crippen LogP contribution in [0.2, 0.25) is 5.02 Å².